The Morgan fingerprint density at radius 2 is 1.97 bits per heavy atom. The molecule has 1 saturated heterocycles. The summed E-state index contributed by atoms with van der Waals surface area (Å²) in [6.07, 6.45) is 16.1. The molecule has 156 valence electrons. The minimum absolute atomic E-state index is 0.154. The maximum absolute atomic E-state index is 12.6. The predicted molar refractivity (Wildman–Crippen MR) is 113 cm³/mol. The smallest absolute Gasteiger partial charge is 0.226 e. The van der Waals surface area contributed by atoms with Gasteiger partial charge < -0.3 is 10.2 Å². The van der Waals surface area contributed by atoms with Crippen LogP contribution in [0.5, 0.6) is 0 Å². The number of likely N-dealkylation sites (tertiary alicyclic amines) is 1. The van der Waals surface area contributed by atoms with E-state index in [2.05, 4.69) is 16.4 Å². The number of hydrogen-bond acceptors (Lipinski definition) is 3. The summed E-state index contributed by atoms with van der Waals surface area (Å²) in [5.41, 5.74) is 2.76. The molecule has 3 aliphatic rings. The van der Waals surface area contributed by atoms with Crippen molar-refractivity contribution in [3.05, 3.63) is 41.7 Å². The van der Waals surface area contributed by atoms with Crippen LogP contribution in [0.15, 0.2) is 36.2 Å². The Hall–Kier alpha value is -2.17. The largest absolute Gasteiger partial charge is 0.356 e. The van der Waals surface area contributed by atoms with Crippen molar-refractivity contribution < 1.29 is 9.59 Å². The number of piperidine rings is 1. The number of aromatic nitrogens is 1. The summed E-state index contributed by atoms with van der Waals surface area (Å²) < 4.78 is 0. The van der Waals surface area contributed by atoms with E-state index in [1.165, 1.54) is 24.0 Å². The van der Waals surface area contributed by atoms with Gasteiger partial charge in [0.05, 0.1) is 0 Å². The molecule has 0 bridgehead atoms. The number of nitrogens with zero attached hydrogens (tertiary/aromatic N) is 2. The minimum atomic E-state index is 0.154. The third kappa shape index (κ3) is 5.06. The van der Waals surface area contributed by atoms with Gasteiger partial charge in [-0.1, -0.05) is 11.6 Å². The molecule has 29 heavy (non-hydrogen) atoms. The number of aryl methyl sites for hydroxylation is 1. The van der Waals surface area contributed by atoms with Crippen LogP contribution in [0.3, 0.4) is 0 Å². The zero-order valence-electron chi connectivity index (χ0n) is 17.4. The molecule has 1 aromatic heterocycles. The Morgan fingerprint density at radius 1 is 1.17 bits per heavy atom. The van der Waals surface area contributed by atoms with Gasteiger partial charge in [-0.25, -0.2) is 0 Å². The lowest BCUT2D eigenvalue weighted by molar-refractivity contribution is -0.132. The zero-order chi connectivity index (χ0) is 20.1. The fraction of sp³-hybridized carbons (Fsp3) is 0.625. The highest BCUT2D eigenvalue weighted by Crippen LogP contribution is 2.59. The Kier molecular flexibility index (Phi) is 6.31. The molecule has 5 nitrogen and oxygen atoms in total. The maximum Gasteiger partial charge on any atom is 0.226 e. The molecule has 1 saturated carbocycles. The summed E-state index contributed by atoms with van der Waals surface area (Å²) in [5, 5.41) is 3.13. The van der Waals surface area contributed by atoms with E-state index in [0.717, 1.165) is 64.6 Å². The molecule has 0 unspecified atom stereocenters. The van der Waals surface area contributed by atoms with Gasteiger partial charge in [-0.3, -0.25) is 14.6 Å². The zero-order valence-corrected chi connectivity index (χ0v) is 17.4. The molecule has 1 aliphatic heterocycles. The van der Waals surface area contributed by atoms with Crippen molar-refractivity contribution in [1.29, 1.82) is 0 Å². The van der Waals surface area contributed by atoms with E-state index >= 15 is 0 Å². The Bertz CT molecular complexity index is 751. The van der Waals surface area contributed by atoms with Gasteiger partial charge in [0.25, 0.3) is 0 Å². The fourth-order valence-corrected chi connectivity index (χ4v) is 5.02. The minimum Gasteiger partial charge on any atom is -0.356 e. The first-order chi connectivity index (χ1) is 14.2. The van der Waals surface area contributed by atoms with E-state index < -0.39 is 0 Å². The molecule has 0 aromatic carbocycles. The lowest BCUT2D eigenvalue weighted by Crippen LogP contribution is -2.40. The molecule has 5 heteroatoms. The summed E-state index contributed by atoms with van der Waals surface area (Å²) in [5.74, 6) is 0.652. The molecule has 1 N–H and O–H groups in total. The van der Waals surface area contributed by atoms with Gasteiger partial charge in [0, 0.05) is 44.4 Å². The van der Waals surface area contributed by atoms with Crippen molar-refractivity contribution >= 4 is 11.8 Å². The number of carbonyl (C=O) groups excluding carboxylic acids is 2. The molecule has 4 rings (SSSR count). The van der Waals surface area contributed by atoms with Crippen LogP contribution in [0.25, 0.3) is 0 Å². The van der Waals surface area contributed by atoms with E-state index in [0.29, 0.717) is 6.42 Å². The number of rotatable bonds is 7. The number of nitrogens with one attached hydrogen (secondary N) is 1. The van der Waals surface area contributed by atoms with Crippen LogP contribution in [0.1, 0.15) is 63.4 Å². The summed E-state index contributed by atoms with van der Waals surface area (Å²) in [6, 6.07) is 4.05. The number of hydrogen-bond donors (Lipinski definition) is 1. The second-order valence-electron chi connectivity index (χ2n) is 9.03. The van der Waals surface area contributed by atoms with E-state index in [9.17, 15) is 9.59 Å². The van der Waals surface area contributed by atoms with Crippen molar-refractivity contribution in [3.8, 4) is 0 Å². The van der Waals surface area contributed by atoms with Crippen molar-refractivity contribution in [2.45, 2.75) is 64.2 Å². The van der Waals surface area contributed by atoms with E-state index in [1.54, 1.807) is 0 Å². The SMILES string of the molecule is O=C(NCCCc1ccncc1)[C@H]1CC12CCN(C(=O)CC1=CCCCC1)CC2. The molecule has 1 atom stereocenters. The lowest BCUT2D eigenvalue weighted by Gasteiger charge is -2.33. The standard InChI is InChI=1S/C24H33N3O2/c28-22(17-20-5-2-1-3-6-20)27-15-10-24(11-16-27)18-21(24)23(29)26-12-4-7-19-8-13-25-14-9-19/h5,8-9,13-14,21H,1-4,6-7,10-12,15-18H2,(H,26,29)/t21-/m1/s1. The van der Waals surface area contributed by atoms with E-state index in [4.69, 9.17) is 0 Å². The van der Waals surface area contributed by atoms with Crippen molar-refractivity contribution in [2.24, 2.45) is 11.3 Å². The Labute approximate surface area is 174 Å². The normalized spacial score (nSPS) is 22.8. The van der Waals surface area contributed by atoms with Crippen LogP contribution >= 0.6 is 0 Å². The molecular formula is C24H33N3O2. The second-order valence-corrected chi connectivity index (χ2v) is 9.03. The van der Waals surface area contributed by atoms with Gasteiger partial charge >= 0.3 is 0 Å². The average molecular weight is 396 g/mol. The topological polar surface area (TPSA) is 62.3 Å². The number of pyridine rings is 1. The highest BCUT2D eigenvalue weighted by Gasteiger charge is 2.58. The van der Waals surface area contributed by atoms with Crippen LogP contribution < -0.4 is 5.32 Å². The number of allylic oxidation sites excluding steroid dienone is 1. The third-order valence-electron chi connectivity index (χ3n) is 7.07. The van der Waals surface area contributed by atoms with Crippen LogP contribution in [0.2, 0.25) is 0 Å². The average Bonchev–Trinajstić information content (AvgIpc) is 3.46. The van der Waals surface area contributed by atoms with Crippen LogP contribution in [0, 0.1) is 11.3 Å². The summed E-state index contributed by atoms with van der Waals surface area (Å²) in [4.78, 5) is 31.2. The lowest BCUT2D eigenvalue weighted by atomic mass is 9.90. The predicted octanol–water partition coefficient (Wildman–Crippen LogP) is 3.65. The highest BCUT2D eigenvalue weighted by molar-refractivity contribution is 5.83. The van der Waals surface area contributed by atoms with Crippen LogP contribution in [-0.2, 0) is 16.0 Å². The van der Waals surface area contributed by atoms with Crippen LogP contribution in [0.4, 0.5) is 0 Å². The Balaban J connectivity index is 1.16. The van der Waals surface area contributed by atoms with Gasteiger partial charge in [0.1, 0.15) is 0 Å². The molecule has 1 aromatic rings. The van der Waals surface area contributed by atoms with Gasteiger partial charge in [-0.05, 0) is 80.9 Å². The second kappa shape index (κ2) is 9.10. The van der Waals surface area contributed by atoms with Gasteiger partial charge in [-0.2, -0.15) is 0 Å². The molecule has 0 radical (unpaired) electrons. The first-order valence-electron chi connectivity index (χ1n) is 11.3. The molecule has 2 heterocycles. The van der Waals surface area contributed by atoms with E-state index in [-0.39, 0.29) is 23.1 Å². The summed E-state index contributed by atoms with van der Waals surface area (Å²) >= 11 is 0. The molecular weight excluding hydrogens is 362 g/mol. The summed E-state index contributed by atoms with van der Waals surface area (Å²) in [7, 11) is 0. The molecule has 2 aliphatic carbocycles. The molecule has 2 fully saturated rings. The van der Waals surface area contributed by atoms with Gasteiger partial charge in [0.2, 0.25) is 11.8 Å². The number of carbonyl (C=O) groups is 2. The van der Waals surface area contributed by atoms with Crippen LogP contribution in [-0.4, -0.2) is 41.3 Å². The van der Waals surface area contributed by atoms with Gasteiger partial charge in [-0.15, -0.1) is 0 Å². The van der Waals surface area contributed by atoms with Crippen molar-refractivity contribution in [1.82, 2.24) is 15.2 Å². The highest BCUT2D eigenvalue weighted by atomic mass is 16.2. The molecule has 1 spiro atoms. The monoisotopic (exact) mass is 395 g/mol. The first-order valence-corrected chi connectivity index (χ1v) is 11.3. The van der Waals surface area contributed by atoms with Gasteiger partial charge in [0.15, 0.2) is 0 Å². The fourth-order valence-electron chi connectivity index (χ4n) is 5.02. The van der Waals surface area contributed by atoms with E-state index in [1.807, 2.05) is 29.4 Å². The Morgan fingerprint density at radius 3 is 2.69 bits per heavy atom. The van der Waals surface area contributed by atoms with Crippen molar-refractivity contribution in [3.63, 3.8) is 0 Å². The first kappa shape index (κ1) is 20.1. The third-order valence-corrected chi connectivity index (χ3v) is 7.07. The maximum atomic E-state index is 12.6. The summed E-state index contributed by atoms with van der Waals surface area (Å²) in [6.45, 7) is 2.36. The van der Waals surface area contributed by atoms with Crippen molar-refractivity contribution in [2.75, 3.05) is 19.6 Å². The quantitative estimate of drug-likeness (QED) is 0.566. The number of amides is 2. The molecule has 2 amide bonds.